The summed E-state index contributed by atoms with van der Waals surface area (Å²) < 4.78 is 0. The normalized spacial score (nSPS) is 22.4. The van der Waals surface area contributed by atoms with Crippen LogP contribution in [0.5, 0.6) is 0 Å². The Balaban J connectivity index is 2.33. The maximum atomic E-state index is 11.2. The summed E-state index contributed by atoms with van der Waals surface area (Å²) >= 11 is 0. The van der Waals surface area contributed by atoms with Crippen molar-refractivity contribution < 1.29 is 9.90 Å². The Morgan fingerprint density at radius 2 is 1.85 bits per heavy atom. The van der Waals surface area contributed by atoms with Crippen molar-refractivity contribution in [3.05, 3.63) is 0 Å². The molecule has 1 heterocycles. The van der Waals surface area contributed by atoms with E-state index in [0.717, 1.165) is 13.0 Å². The van der Waals surface area contributed by atoms with Crippen LogP contribution in [-0.2, 0) is 4.79 Å². The van der Waals surface area contributed by atoms with Crippen molar-refractivity contribution in [3.8, 4) is 0 Å². The number of rotatable bonds is 8. The van der Waals surface area contributed by atoms with E-state index in [0.29, 0.717) is 11.8 Å². The molecule has 1 atom stereocenters. The highest BCUT2D eigenvalue weighted by atomic mass is 16.4. The number of piperidine rings is 1. The van der Waals surface area contributed by atoms with Gasteiger partial charge in [-0.25, -0.2) is 0 Å². The molecule has 0 saturated carbocycles. The van der Waals surface area contributed by atoms with E-state index in [4.69, 9.17) is 0 Å². The monoisotopic (exact) mass is 284 g/mol. The Labute approximate surface area is 123 Å². The Bertz CT molecular complexity index is 306. The minimum atomic E-state index is -0.785. The van der Waals surface area contributed by atoms with E-state index in [1.165, 1.54) is 38.8 Å². The predicted octanol–water partition coefficient (Wildman–Crippen LogP) is 2.73. The molecule has 20 heavy (non-hydrogen) atoms. The molecule has 4 heteroatoms. The second kappa shape index (κ2) is 7.41. The largest absolute Gasteiger partial charge is 0.480 e. The molecule has 0 bridgehead atoms. The lowest BCUT2D eigenvalue weighted by Crippen LogP contribution is -2.48. The molecule has 0 aromatic rings. The van der Waals surface area contributed by atoms with Gasteiger partial charge in [-0.3, -0.25) is 4.79 Å². The van der Waals surface area contributed by atoms with Crippen molar-refractivity contribution in [3.63, 3.8) is 0 Å². The van der Waals surface area contributed by atoms with Crippen molar-refractivity contribution in [2.24, 2.45) is 5.41 Å². The lowest BCUT2D eigenvalue weighted by molar-refractivity contribution is -0.144. The molecule has 0 aromatic heterocycles. The Kier molecular flexibility index (Phi) is 6.46. The third-order valence-electron chi connectivity index (χ3n) is 5.59. The zero-order valence-electron chi connectivity index (χ0n) is 13.7. The highest BCUT2D eigenvalue weighted by Crippen LogP contribution is 2.37. The van der Waals surface area contributed by atoms with Crippen LogP contribution in [0.4, 0.5) is 0 Å². The van der Waals surface area contributed by atoms with E-state index in [-0.39, 0.29) is 0 Å². The number of carboxylic acids is 1. The highest BCUT2D eigenvalue weighted by Gasteiger charge is 2.33. The van der Waals surface area contributed by atoms with Crippen LogP contribution < -0.4 is 5.32 Å². The van der Waals surface area contributed by atoms with Gasteiger partial charge in [-0.1, -0.05) is 26.7 Å². The van der Waals surface area contributed by atoms with Gasteiger partial charge in [0.05, 0.1) is 0 Å². The van der Waals surface area contributed by atoms with E-state index in [9.17, 15) is 9.90 Å². The molecule has 4 nitrogen and oxygen atoms in total. The Hall–Kier alpha value is -0.610. The fourth-order valence-corrected chi connectivity index (χ4v) is 3.20. The van der Waals surface area contributed by atoms with Crippen molar-refractivity contribution in [1.82, 2.24) is 10.2 Å². The summed E-state index contributed by atoms with van der Waals surface area (Å²) in [7, 11) is 1.73. The molecule has 0 spiro atoms. The standard InChI is InChI=1S/C16H32N2O2/c1-5-16(6-2)9-12-18(13-10-16)11-7-8-15(3,17-4)14(19)20/h17H,5-13H2,1-4H3,(H,19,20). The van der Waals surface area contributed by atoms with Crippen LogP contribution in [0.25, 0.3) is 0 Å². The van der Waals surface area contributed by atoms with Gasteiger partial charge in [-0.2, -0.15) is 0 Å². The van der Waals surface area contributed by atoms with E-state index in [2.05, 4.69) is 24.1 Å². The molecule has 1 fully saturated rings. The SMILES string of the molecule is CCC1(CC)CCN(CCCC(C)(NC)C(=O)O)CC1. The summed E-state index contributed by atoms with van der Waals surface area (Å²) in [4.78, 5) is 13.7. The number of nitrogens with zero attached hydrogens (tertiary/aromatic N) is 1. The first-order valence-electron chi connectivity index (χ1n) is 8.06. The Morgan fingerprint density at radius 3 is 2.25 bits per heavy atom. The lowest BCUT2D eigenvalue weighted by Gasteiger charge is -2.41. The molecule has 0 radical (unpaired) electrons. The molecular weight excluding hydrogens is 252 g/mol. The first-order chi connectivity index (χ1) is 9.41. The number of carboxylic acid groups (broad SMARTS) is 1. The Morgan fingerprint density at radius 1 is 1.30 bits per heavy atom. The van der Waals surface area contributed by atoms with Crippen molar-refractivity contribution in [2.45, 2.75) is 64.8 Å². The van der Waals surface area contributed by atoms with Gasteiger partial charge in [-0.15, -0.1) is 0 Å². The maximum absolute atomic E-state index is 11.2. The molecule has 0 aromatic carbocycles. The number of hydrogen-bond acceptors (Lipinski definition) is 3. The molecule has 118 valence electrons. The molecule has 1 aliphatic heterocycles. The van der Waals surface area contributed by atoms with Crippen LogP contribution >= 0.6 is 0 Å². The van der Waals surface area contributed by atoms with E-state index in [1.807, 2.05) is 0 Å². The molecule has 2 N–H and O–H groups in total. The second-order valence-corrected chi connectivity index (χ2v) is 6.54. The van der Waals surface area contributed by atoms with Crippen LogP contribution in [0.3, 0.4) is 0 Å². The number of hydrogen-bond donors (Lipinski definition) is 2. The van der Waals surface area contributed by atoms with Crippen LogP contribution in [-0.4, -0.2) is 48.2 Å². The summed E-state index contributed by atoms with van der Waals surface area (Å²) in [6.07, 6.45) is 6.78. The first-order valence-corrected chi connectivity index (χ1v) is 8.06. The van der Waals surface area contributed by atoms with Gasteiger partial charge >= 0.3 is 5.97 Å². The quantitative estimate of drug-likeness (QED) is 0.719. The first kappa shape index (κ1) is 17.4. The number of likely N-dealkylation sites (N-methyl/N-ethyl adjacent to an activating group) is 1. The van der Waals surface area contributed by atoms with E-state index < -0.39 is 11.5 Å². The number of aliphatic carboxylic acids is 1. The van der Waals surface area contributed by atoms with Crippen LogP contribution in [0, 0.1) is 5.41 Å². The molecule has 0 amide bonds. The fraction of sp³-hybridized carbons (Fsp3) is 0.938. The lowest BCUT2D eigenvalue weighted by atomic mass is 9.74. The van der Waals surface area contributed by atoms with Gasteiger partial charge in [0, 0.05) is 0 Å². The van der Waals surface area contributed by atoms with Crippen LogP contribution in [0.15, 0.2) is 0 Å². The minimum Gasteiger partial charge on any atom is -0.480 e. The summed E-state index contributed by atoms with van der Waals surface area (Å²) in [6, 6.07) is 0. The van der Waals surface area contributed by atoms with Gasteiger partial charge in [0.1, 0.15) is 5.54 Å². The molecule has 1 aliphatic rings. The number of likely N-dealkylation sites (tertiary alicyclic amines) is 1. The summed E-state index contributed by atoms with van der Waals surface area (Å²) in [5.41, 5.74) is -0.219. The van der Waals surface area contributed by atoms with Gasteiger partial charge in [0.25, 0.3) is 0 Å². The topological polar surface area (TPSA) is 52.6 Å². The van der Waals surface area contributed by atoms with E-state index in [1.54, 1.807) is 14.0 Å². The molecular formula is C16H32N2O2. The smallest absolute Gasteiger partial charge is 0.323 e. The molecule has 1 rings (SSSR count). The molecule has 1 saturated heterocycles. The predicted molar refractivity (Wildman–Crippen MR) is 83.0 cm³/mol. The van der Waals surface area contributed by atoms with Gasteiger partial charge in [0.2, 0.25) is 0 Å². The zero-order chi connectivity index (χ0) is 15.2. The third kappa shape index (κ3) is 4.19. The minimum absolute atomic E-state index is 0.567. The average Bonchev–Trinajstić information content (AvgIpc) is 2.47. The molecule has 0 aliphatic carbocycles. The van der Waals surface area contributed by atoms with Gasteiger partial charge in [0.15, 0.2) is 0 Å². The van der Waals surface area contributed by atoms with E-state index >= 15 is 0 Å². The number of carbonyl (C=O) groups is 1. The van der Waals surface area contributed by atoms with Crippen LogP contribution in [0.1, 0.15) is 59.3 Å². The van der Waals surface area contributed by atoms with Gasteiger partial charge in [-0.05, 0) is 64.7 Å². The van der Waals surface area contributed by atoms with Gasteiger partial charge < -0.3 is 15.3 Å². The third-order valence-corrected chi connectivity index (χ3v) is 5.59. The summed E-state index contributed by atoms with van der Waals surface area (Å²) in [5, 5.41) is 12.2. The highest BCUT2D eigenvalue weighted by molar-refractivity contribution is 5.78. The van der Waals surface area contributed by atoms with Crippen molar-refractivity contribution >= 4 is 5.97 Å². The second-order valence-electron chi connectivity index (χ2n) is 6.54. The van der Waals surface area contributed by atoms with Crippen molar-refractivity contribution in [2.75, 3.05) is 26.7 Å². The van der Waals surface area contributed by atoms with Crippen molar-refractivity contribution in [1.29, 1.82) is 0 Å². The summed E-state index contributed by atoms with van der Waals surface area (Å²) in [5.74, 6) is -0.755. The zero-order valence-corrected chi connectivity index (χ0v) is 13.7. The number of nitrogens with one attached hydrogen (secondary N) is 1. The fourth-order valence-electron chi connectivity index (χ4n) is 3.20. The van der Waals surface area contributed by atoms with Crippen LogP contribution in [0.2, 0.25) is 0 Å². The average molecular weight is 284 g/mol. The molecule has 1 unspecified atom stereocenters. The maximum Gasteiger partial charge on any atom is 0.323 e. The summed E-state index contributed by atoms with van der Waals surface area (Å²) in [6.45, 7) is 9.75.